The van der Waals surface area contributed by atoms with Gasteiger partial charge < -0.3 is 9.64 Å². The molecular formula is C19H29F2N5O4. The van der Waals surface area contributed by atoms with Gasteiger partial charge >= 0.3 is 11.8 Å². The summed E-state index contributed by atoms with van der Waals surface area (Å²) < 4.78 is 32.6. The zero-order valence-corrected chi connectivity index (χ0v) is 17.6. The Kier molecular flexibility index (Phi) is 6.59. The van der Waals surface area contributed by atoms with Crippen molar-refractivity contribution in [1.29, 1.82) is 0 Å². The molecule has 0 radical (unpaired) electrons. The fourth-order valence-electron chi connectivity index (χ4n) is 3.87. The van der Waals surface area contributed by atoms with Crippen molar-refractivity contribution in [1.82, 2.24) is 19.6 Å². The maximum absolute atomic E-state index is 12.9. The Labute approximate surface area is 174 Å². The Bertz CT molecular complexity index is 765. The number of likely N-dealkylation sites (tertiary alicyclic amines) is 2. The summed E-state index contributed by atoms with van der Waals surface area (Å²) >= 11 is 0. The first kappa shape index (κ1) is 22.4. The molecule has 168 valence electrons. The van der Waals surface area contributed by atoms with E-state index in [0.29, 0.717) is 32.1 Å². The average molecular weight is 429 g/mol. The molecule has 2 saturated heterocycles. The third-order valence-corrected chi connectivity index (χ3v) is 5.58. The molecule has 1 aromatic heterocycles. The molecule has 9 nitrogen and oxygen atoms in total. The van der Waals surface area contributed by atoms with Crippen molar-refractivity contribution in [3.8, 4) is 0 Å². The van der Waals surface area contributed by atoms with Gasteiger partial charge in [-0.05, 0) is 52.5 Å². The fourth-order valence-corrected chi connectivity index (χ4v) is 3.87. The molecule has 2 fully saturated rings. The van der Waals surface area contributed by atoms with Crippen LogP contribution in [0, 0.1) is 16.0 Å². The summed E-state index contributed by atoms with van der Waals surface area (Å²) in [5, 5.41) is 14.7. The van der Waals surface area contributed by atoms with E-state index in [1.807, 2.05) is 20.8 Å². The van der Waals surface area contributed by atoms with Gasteiger partial charge in [-0.15, -0.1) is 0 Å². The summed E-state index contributed by atoms with van der Waals surface area (Å²) in [5.41, 5.74) is -1.89. The van der Waals surface area contributed by atoms with Crippen LogP contribution in [-0.4, -0.2) is 68.9 Å². The molecule has 30 heavy (non-hydrogen) atoms. The van der Waals surface area contributed by atoms with Gasteiger partial charge in [-0.3, -0.25) is 19.7 Å². The molecule has 1 aromatic rings. The van der Waals surface area contributed by atoms with E-state index in [-0.39, 0.29) is 12.1 Å². The van der Waals surface area contributed by atoms with E-state index in [4.69, 9.17) is 4.74 Å². The van der Waals surface area contributed by atoms with Crippen LogP contribution >= 0.6 is 0 Å². The second-order valence-corrected chi connectivity index (χ2v) is 9.05. The largest absolute Gasteiger partial charge is 0.444 e. The van der Waals surface area contributed by atoms with Gasteiger partial charge in [0.15, 0.2) is 0 Å². The first-order chi connectivity index (χ1) is 14.0. The molecule has 0 saturated carbocycles. The molecule has 0 unspecified atom stereocenters. The Hall–Kier alpha value is -2.30. The molecule has 1 amide bonds. The number of ether oxygens (including phenoxy) is 1. The van der Waals surface area contributed by atoms with Crippen LogP contribution in [0.1, 0.15) is 58.2 Å². The third kappa shape index (κ3) is 5.44. The van der Waals surface area contributed by atoms with E-state index >= 15 is 0 Å². The number of rotatable bonds is 6. The highest BCUT2D eigenvalue weighted by molar-refractivity contribution is 5.68. The quantitative estimate of drug-likeness (QED) is 0.506. The lowest BCUT2D eigenvalue weighted by Crippen LogP contribution is -2.48. The SMILES string of the molecule is CC(C)(C)OC(=O)N1CCC(CCN2CC(n3cc([N+](=O)[O-])c(C(F)F)n3)C2)CC1. The lowest BCUT2D eigenvalue weighted by atomic mass is 9.93. The van der Waals surface area contributed by atoms with Crippen molar-refractivity contribution in [2.24, 2.45) is 5.92 Å². The maximum atomic E-state index is 12.9. The number of hydrogen-bond acceptors (Lipinski definition) is 6. The first-order valence-corrected chi connectivity index (χ1v) is 10.3. The normalized spacial score (nSPS) is 19.2. The molecule has 0 N–H and O–H groups in total. The van der Waals surface area contributed by atoms with E-state index in [2.05, 4.69) is 10.00 Å². The lowest BCUT2D eigenvalue weighted by Gasteiger charge is -2.40. The van der Waals surface area contributed by atoms with Gasteiger partial charge in [0, 0.05) is 26.2 Å². The minimum absolute atomic E-state index is 0.120. The number of alkyl halides is 2. The number of hydrogen-bond donors (Lipinski definition) is 0. The van der Waals surface area contributed by atoms with Crippen LogP contribution in [-0.2, 0) is 4.74 Å². The zero-order chi connectivity index (χ0) is 22.1. The maximum Gasteiger partial charge on any atom is 0.410 e. The zero-order valence-electron chi connectivity index (χ0n) is 17.6. The molecule has 2 aliphatic heterocycles. The van der Waals surface area contributed by atoms with E-state index in [1.54, 1.807) is 4.90 Å². The van der Waals surface area contributed by atoms with Crippen LogP contribution < -0.4 is 0 Å². The number of nitro groups is 1. The third-order valence-electron chi connectivity index (χ3n) is 5.58. The van der Waals surface area contributed by atoms with Crippen LogP contribution in [0.25, 0.3) is 0 Å². The predicted octanol–water partition coefficient (Wildman–Crippen LogP) is 3.62. The van der Waals surface area contributed by atoms with Crippen molar-refractivity contribution in [3.63, 3.8) is 0 Å². The second-order valence-electron chi connectivity index (χ2n) is 9.05. The van der Waals surface area contributed by atoms with Crippen LogP contribution in [0.3, 0.4) is 0 Å². The first-order valence-electron chi connectivity index (χ1n) is 10.3. The summed E-state index contributed by atoms with van der Waals surface area (Å²) in [7, 11) is 0. The molecule has 0 aromatic carbocycles. The van der Waals surface area contributed by atoms with E-state index in [1.165, 1.54) is 4.68 Å². The predicted molar refractivity (Wildman–Crippen MR) is 104 cm³/mol. The van der Waals surface area contributed by atoms with Crippen LogP contribution in [0.2, 0.25) is 0 Å². The molecule has 11 heteroatoms. The number of halogens is 2. The topological polar surface area (TPSA) is 93.7 Å². The lowest BCUT2D eigenvalue weighted by molar-refractivity contribution is -0.386. The second kappa shape index (κ2) is 8.83. The highest BCUT2D eigenvalue weighted by atomic mass is 19.3. The minimum atomic E-state index is -2.96. The van der Waals surface area contributed by atoms with Crippen LogP contribution in [0.4, 0.5) is 19.3 Å². The summed E-state index contributed by atoms with van der Waals surface area (Å²) in [6, 6.07) is -0.120. The Morgan fingerprint density at radius 1 is 1.33 bits per heavy atom. The summed E-state index contributed by atoms with van der Waals surface area (Å²) in [5.74, 6) is 0.527. The molecule has 0 spiro atoms. The molecule has 0 bridgehead atoms. The number of piperidine rings is 1. The van der Waals surface area contributed by atoms with Gasteiger partial charge in [-0.25, -0.2) is 13.6 Å². The Balaban J connectivity index is 1.39. The van der Waals surface area contributed by atoms with Crippen molar-refractivity contribution < 1.29 is 23.2 Å². The molecular weight excluding hydrogens is 400 g/mol. The number of amides is 1. The van der Waals surface area contributed by atoms with E-state index < -0.39 is 28.3 Å². The smallest absolute Gasteiger partial charge is 0.410 e. The minimum Gasteiger partial charge on any atom is -0.444 e. The monoisotopic (exact) mass is 429 g/mol. The van der Waals surface area contributed by atoms with Gasteiger partial charge in [-0.2, -0.15) is 5.10 Å². The Morgan fingerprint density at radius 2 is 1.97 bits per heavy atom. The highest BCUT2D eigenvalue weighted by Gasteiger charge is 2.34. The molecule has 2 aliphatic rings. The van der Waals surface area contributed by atoms with E-state index in [9.17, 15) is 23.7 Å². The van der Waals surface area contributed by atoms with Crippen LogP contribution in [0.15, 0.2) is 6.20 Å². The van der Waals surface area contributed by atoms with Gasteiger partial charge in [0.1, 0.15) is 11.8 Å². The van der Waals surface area contributed by atoms with Crippen LogP contribution in [0.5, 0.6) is 0 Å². The van der Waals surface area contributed by atoms with Crippen molar-refractivity contribution >= 4 is 11.8 Å². The number of aromatic nitrogens is 2. The van der Waals surface area contributed by atoms with Gasteiger partial charge in [-0.1, -0.05) is 0 Å². The summed E-state index contributed by atoms with van der Waals surface area (Å²) in [6.45, 7) is 9.09. The summed E-state index contributed by atoms with van der Waals surface area (Å²) in [4.78, 5) is 26.2. The van der Waals surface area contributed by atoms with E-state index in [0.717, 1.165) is 32.0 Å². The van der Waals surface area contributed by atoms with Gasteiger partial charge in [0.25, 0.3) is 6.43 Å². The number of nitrogens with zero attached hydrogens (tertiary/aromatic N) is 5. The molecule has 0 aliphatic carbocycles. The average Bonchev–Trinajstić information content (AvgIpc) is 3.05. The number of carbonyl (C=O) groups excluding carboxylic acids is 1. The van der Waals surface area contributed by atoms with Gasteiger partial charge in [0.2, 0.25) is 5.69 Å². The van der Waals surface area contributed by atoms with Crippen molar-refractivity contribution in [3.05, 3.63) is 22.0 Å². The van der Waals surface area contributed by atoms with Crippen molar-refractivity contribution in [2.45, 2.75) is 58.1 Å². The molecule has 3 heterocycles. The summed E-state index contributed by atoms with van der Waals surface area (Å²) in [6.07, 6.45) is 0.739. The number of carbonyl (C=O) groups is 1. The molecule has 0 atom stereocenters. The fraction of sp³-hybridized carbons (Fsp3) is 0.789. The molecule has 3 rings (SSSR count). The van der Waals surface area contributed by atoms with Gasteiger partial charge in [0.05, 0.1) is 11.0 Å². The standard InChI is InChI=1S/C19H29F2N5O4/c1-19(2,3)30-18(27)24-8-5-13(6-9-24)4-7-23-10-14(11-23)25-12-15(26(28)29)16(22-25)17(20)21/h12-14,17H,4-11H2,1-3H3. The Morgan fingerprint density at radius 3 is 2.47 bits per heavy atom. The van der Waals surface area contributed by atoms with Crippen molar-refractivity contribution in [2.75, 3.05) is 32.7 Å². The highest BCUT2D eigenvalue weighted by Crippen LogP contribution is 2.31.